The molecule has 0 saturated carbocycles. The van der Waals surface area contributed by atoms with E-state index in [2.05, 4.69) is 17.6 Å². The van der Waals surface area contributed by atoms with E-state index in [0.717, 1.165) is 13.1 Å². The molecule has 6 nitrogen and oxygen atoms in total. The lowest BCUT2D eigenvalue weighted by Crippen LogP contribution is -2.43. The third-order valence-corrected chi connectivity index (χ3v) is 6.22. The second kappa shape index (κ2) is 11.4. The van der Waals surface area contributed by atoms with Gasteiger partial charge >= 0.3 is 0 Å². The van der Waals surface area contributed by atoms with Gasteiger partial charge in [0.15, 0.2) is 0 Å². The summed E-state index contributed by atoms with van der Waals surface area (Å²) in [4.78, 5) is 27.3. The molecule has 2 N–H and O–H groups in total. The number of hydrogen-bond acceptors (Lipinski definition) is 4. The highest BCUT2D eigenvalue weighted by atomic mass is 35.5. The van der Waals surface area contributed by atoms with Crippen LogP contribution in [0.2, 0.25) is 0 Å². The predicted molar refractivity (Wildman–Crippen MR) is 118 cm³/mol. The normalized spacial score (nSPS) is 21.0. The molecule has 2 fully saturated rings. The predicted octanol–water partition coefficient (Wildman–Crippen LogP) is 3.32. The number of carbonyl (C=O) groups is 2. The van der Waals surface area contributed by atoms with Crippen molar-refractivity contribution in [1.82, 2.24) is 10.2 Å². The van der Waals surface area contributed by atoms with E-state index < -0.39 is 0 Å². The molecule has 0 radical (unpaired) electrons. The summed E-state index contributed by atoms with van der Waals surface area (Å²) in [6, 6.07) is 7.43. The minimum absolute atomic E-state index is 0. The first-order valence-corrected chi connectivity index (χ1v) is 10.5. The van der Waals surface area contributed by atoms with Crippen LogP contribution in [0.25, 0.3) is 0 Å². The van der Waals surface area contributed by atoms with Gasteiger partial charge in [-0.05, 0) is 62.7 Å². The Balaban J connectivity index is 0.00000300. The van der Waals surface area contributed by atoms with Crippen LogP contribution in [0.1, 0.15) is 39.0 Å². The van der Waals surface area contributed by atoms with Gasteiger partial charge in [-0.3, -0.25) is 9.59 Å². The second-order valence-electron chi connectivity index (χ2n) is 8.13. The van der Waals surface area contributed by atoms with Crippen molar-refractivity contribution in [2.75, 3.05) is 38.6 Å². The molecule has 0 spiro atoms. The van der Waals surface area contributed by atoms with Crippen molar-refractivity contribution in [2.45, 2.75) is 39.0 Å². The summed E-state index contributed by atoms with van der Waals surface area (Å²) in [5, 5.41) is 6.41. The van der Waals surface area contributed by atoms with Gasteiger partial charge in [-0.2, -0.15) is 0 Å². The number of nitrogens with zero attached hydrogens (tertiary/aromatic N) is 1. The Morgan fingerprint density at radius 1 is 1.24 bits per heavy atom. The number of rotatable bonds is 6. The molecule has 2 aliphatic rings. The SMILES string of the molecule is COc1ccccc1NC(=O)C1CCN(C(=O)CC(C)C2CCCNC2)CC1.Cl. The molecule has 2 heterocycles. The van der Waals surface area contributed by atoms with Gasteiger partial charge in [0, 0.05) is 25.4 Å². The fraction of sp³-hybridized carbons (Fsp3) is 0.636. The number of carbonyl (C=O) groups excluding carboxylic acids is 2. The summed E-state index contributed by atoms with van der Waals surface area (Å²) in [7, 11) is 1.60. The molecule has 0 bridgehead atoms. The molecule has 7 heteroatoms. The third kappa shape index (κ3) is 6.34. The van der Waals surface area contributed by atoms with E-state index in [1.165, 1.54) is 12.8 Å². The minimum atomic E-state index is -0.0612. The van der Waals surface area contributed by atoms with Crippen LogP contribution in [-0.4, -0.2) is 50.0 Å². The first kappa shape index (κ1) is 23.5. The first-order chi connectivity index (χ1) is 13.6. The van der Waals surface area contributed by atoms with Crippen LogP contribution in [-0.2, 0) is 9.59 Å². The molecule has 2 amide bonds. The van der Waals surface area contributed by atoms with Crippen LogP contribution < -0.4 is 15.4 Å². The van der Waals surface area contributed by atoms with E-state index in [1.54, 1.807) is 7.11 Å². The van der Waals surface area contributed by atoms with E-state index in [0.29, 0.717) is 55.6 Å². The topological polar surface area (TPSA) is 70.7 Å². The van der Waals surface area contributed by atoms with E-state index in [1.807, 2.05) is 29.2 Å². The molecule has 0 aromatic heterocycles. The molecule has 1 aromatic rings. The largest absolute Gasteiger partial charge is 0.495 e. The van der Waals surface area contributed by atoms with Gasteiger partial charge in [-0.15, -0.1) is 12.4 Å². The second-order valence-corrected chi connectivity index (χ2v) is 8.13. The van der Waals surface area contributed by atoms with Gasteiger partial charge in [0.2, 0.25) is 11.8 Å². The van der Waals surface area contributed by atoms with Crippen molar-refractivity contribution in [2.24, 2.45) is 17.8 Å². The summed E-state index contributed by atoms with van der Waals surface area (Å²) in [6.45, 7) is 5.65. The summed E-state index contributed by atoms with van der Waals surface area (Å²) in [5.74, 6) is 1.86. The minimum Gasteiger partial charge on any atom is -0.495 e. The van der Waals surface area contributed by atoms with Gasteiger partial charge in [0.05, 0.1) is 12.8 Å². The number of anilines is 1. The Morgan fingerprint density at radius 2 is 1.97 bits per heavy atom. The fourth-order valence-corrected chi connectivity index (χ4v) is 4.31. The Kier molecular flexibility index (Phi) is 9.24. The van der Waals surface area contributed by atoms with Gasteiger partial charge in [-0.1, -0.05) is 19.1 Å². The molecule has 2 saturated heterocycles. The summed E-state index contributed by atoms with van der Waals surface area (Å²) >= 11 is 0. The number of amides is 2. The lowest BCUT2D eigenvalue weighted by atomic mass is 9.85. The third-order valence-electron chi connectivity index (χ3n) is 6.22. The van der Waals surface area contributed by atoms with Crippen molar-refractivity contribution >= 4 is 29.9 Å². The Labute approximate surface area is 180 Å². The Morgan fingerprint density at radius 3 is 2.62 bits per heavy atom. The molecule has 162 valence electrons. The number of methoxy groups -OCH3 is 1. The number of ether oxygens (including phenoxy) is 1. The van der Waals surface area contributed by atoms with Crippen LogP contribution in [0.5, 0.6) is 5.75 Å². The zero-order valence-corrected chi connectivity index (χ0v) is 18.3. The maximum atomic E-state index is 12.7. The number of benzene rings is 1. The first-order valence-electron chi connectivity index (χ1n) is 10.5. The molecule has 2 unspecified atom stereocenters. The van der Waals surface area contributed by atoms with Gasteiger partial charge < -0.3 is 20.3 Å². The van der Waals surface area contributed by atoms with Crippen LogP contribution in [0, 0.1) is 17.8 Å². The monoisotopic (exact) mass is 423 g/mol. The lowest BCUT2D eigenvalue weighted by Gasteiger charge is -2.34. The maximum absolute atomic E-state index is 12.7. The van der Waals surface area contributed by atoms with E-state index in [-0.39, 0.29) is 30.1 Å². The zero-order valence-electron chi connectivity index (χ0n) is 17.5. The smallest absolute Gasteiger partial charge is 0.227 e. The molecule has 3 rings (SSSR count). The molecule has 29 heavy (non-hydrogen) atoms. The van der Waals surface area contributed by atoms with Gasteiger partial charge in [-0.25, -0.2) is 0 Å². The average molecular weight is 424 g/mol. The Hall–Kier alpha value is -1.79. The maximum Gasteiger partial charge on any atom is 0.227 e. The Bertz CT molecular complexity index is 671. The van der Waals surface area contributed by atoms with Crippen LogP contribution >= 0.6 is 12.4 Å². The number of hydrogen-bond donors (Lipinski definition) is 2. The van der Waals surface area contributed by atoms with Crippen LogP contribution in [0.3, 0.4) is 0 Å². The zero-order chi connectivity index (χ0) is 19.9. The number of likely N-dealkylation sites (tertiary alicyclic amines) is 1. The number of halogens is 1. The number of para-hydroxylation sites is 2. The van der Waals surface area contributed by atoms with Gasteiger partial charge in [0.1, 0.15) is 5.75 Å². The molecule has 2 aliphatic heterocycles. The average Bonchev–Trinajstić information content (AvgIpc) is 2.74. The summed E-state index contributed by atoms with van der Waals surface area (Å²) in [5.41, 5.74) is 0.698. The van der Waals surface area contributed by atoms with Crippen molar-refractivity contribution in [1.29, 1.82) is 0 Å². The van der Waals surface area contributed by atoms with Crippen molar-refractivity contribution in [3.05, 3.63) is 24.3 Å². The molecule has 0 aliphatic carbocycles. The highest BCUT2D eigenvalue weighted by molar-refractivity contribution is 5.94. The van der Waals surface area contributed by atoms with Crippen molar-refractivity contribution in [3.8, 4) is 5.75 Å². The quantitative estimate of drug-likeness (QED) is 0.736. The molecular formula is C22H34ClN3O3. The summed E-state index contributed by atoms with van der Waals surface area (Å²) in [6.07, 6.45) is 4.46. The summed E-state index contributed by atoms with van der Waals surface area (Å²) < 4.78 is 5.30. The fourth-order valence-electron chi connectivity index (χ4n) is 4.31. The standard InChI is InChI=1S/C22H33N3O3.ClH/c1-16(18-6-5-11-23-15-18)14-21(26)25-12-9-17(10-13-25)22(27)24-19-7-3-4-8-20(19)28-2;/h3-4,7-8,16-18,23H,5-6,9-15H2,1-2H3,(H,24,27);1H. The molecular weight excluding hydrogens is 390 g/mol. The van der Waals surface area contributed by atoms with Crippen molar-refractivity contribution in [3.63, 3.8) is 0 Å². The van der Waals surface area contributed by atoms with Crippen LogP contribution in [0.4, 0.5) is 5.69 Å². The van der Waals surface area contributed by atoms with Crippen LogP contribution in [0.15, 0.2) is 24.3 Å². The lowest BCUT2D eigenvalue weighted by molar-refractivity contribution is -0.135. The molecule has 1 aromatic carbocycles. The highest BCUT2D eigenvalue weighted by Gasteiger charge is 2.29. The van der Waals surface area contributed by atoms with Crippen molar-refractivity contribution < 1.29 is 14.3 Å². The number of nitrogens with one attached hydrogen (secondary N) is 2. The number of piperidine rings is 2. The van der Waals surface area contributed by atoms with Gasteiger partial charge in [0.25, 0.3) is 0 Å². The van der Waals surface area contributed by atoms with E-state index in [4.69, 9.17) is 4.74 Å². The molecule has 2 atom stereocenters. The van der Waals surface area contributed by atoms with E-state index in [9.17, 15) is 9.59 Å². The van der Waals surface area contributed by atoms with E-state index >= 15 is 0 Å². The highest BCUT2D eigenvalue weighted by Crippen LogP contribution is 2.27.